The first kappa shape index (κ1) is 11.3. The van der Waals surface area contributed by atoms with E-state index < -0.39 is 0 Å². The summed E-state index contributed by atoms with van der Waals surface area (Å²) in [6.07, 6.45) is 4.59. The second-order valence-corrected chi connectivity index (χ2v) is 7.11. The molecule has 2 rings (SSSR count). The summed E-state index contributed by atoms with van der Waals surface area (Å²) in [4.78, 5) is 13.2. The van der Waals surface area contributed by atoms with E-state index >= 15 is 0 Å². The molecule has 2 aliphatic rings. The van der Waals surface area contributed by atoms with Crippen LogP contribution in [0.3, 0.4) is 0 Å². The summed E-state index contributed by atoms with van der Waals surface area (Å²) in [5.41, 5.74) is 0. The van der Waals surface area contributed by atoms with E-state index in [0.717, 1.165) is 5.03 Å². The lowest BCUT2D eigenvalue weighted by Crippen LogP contribution is -2.36. The van der Waals surface area contributed by atoms with E-state index in [-0.39, 0.29) is 16.6 Å². The summed E-state index contributed by atoms with van der Waals surface area (Å²) in [6.45, 7) is 6.28. The number of halogens is 1. The molecule has 82 valence electrons. The van der Waals surface area contributed by atoms with Gasteiger partial charge in [0.15, 0.2) is 0 Å². The zero-order valence-corrected chi connectivity index (χ0v) is 10.8. The van der Waals surface area contributed by atoms with E-state index in [9.17, 15) is 4.79 Å². The van der Waals surface area contributed by atoms with E-state index in [1.807, 2.05) is 30.8 Å². The Balaban J connectivity index is 2.36. The Bertz CT molecular complexity index is 368. The number of carbonyl (C=O) groups excluding carboxylic acids is 1. The third-order valence-electron chi connectivity index (χ3n) is 2.99. The number of rotatable bonds is 0. The van der Waals surface area contributed by atoms with Gasteiger partial charge in [0.05, 0.1) is 5.92 Å². The molecule has 2 unspecified atom stereocenters. The molecule has 0 aromatic heterocycles. The predicted octanol–water partition coefficient (Wildman–Crippen LogP) is 3.74. The van der Waals surface area contributed by atoms with E-state index in [4.69, 9.17) is 11.6 Å². The van der Waals surface area contributed by atoms with Crippen LogP contribution in [-0.4, -0.2) is 10.5 Å². The zero-order chi connectivity index (χ0) is 11.2. The molecule has 1 aliphatic heterocycles. The van der Waals surface area contributed by atoms with E-state index in [0.29, 0.717) is 12.2 Å². The summed E-state index contributed by atoms with van der Waals surface area (Å²) in [5.74, 6) is 0.507. The quantitative estimate of drug-likeness (QED) is 0.644. The van der Waals surface area contributed by atoms with Crippen molar-refractivity contribution in [1.29, 1.82) is 0 Å². The first-order valence-electron chi connectivity index (χ1n) is 5.20. The van der Waals surface area contributed by atoms with Gasteiger partial charge in [0, 0.05) is 22.1 Å². The smallest absolute Gasteiger partial charge is 0.142 e. The molecule has 0 aromatic carbocycles. The minimum Gasteiger partial charge on any atom is -0.299 e. The molecule has 0 aromatic rings. The summed E-state index contributed by atoms with van der Waals surface area (Å²) >= 11 is 7.90. The summed E-state index contributed by atoms with van der Waals surface area (Å²) in [7, 11) is 0. The van der Waals surface area contributed by atoms with Crippen LogP contribution in [0, 0.1) is 11.8 Å². The van der Waals surface area contributed by atoms with Crippen LogP contribution in [0.1, 0.15) is 27.2 Å². The van der Waals surface area contributed by atoms with E-state index in [1.165, 1.54) is 4.91 Å². The summed E-state index contributed by atoms with van der Waals surface area (Å²) in [6, 6.07) is 0. The molecule has 0 bridgehead atoms. The molecule has 1 fully saturated rings. The molecule has 1 saturated heterocycles. The Hall–Kier alpha value is -0.210. The first-order chi connectivity index (χ1) is 6.91. The van der Waals surface area contributed by atoms with Crippen molar-refractivity contribution >= 4 is 29.1 Å². The first-order valence-corrected chi connectivity index (χ1v) is 6.39. The van der Waals surface area contributed by atoms with Crippen molar-refractivity contribution in [3.8, 4) is 0 Å². The highest BCUT2D eigenvalue weighted by Gasteiger charge is 2.41. The fourth-order valence-corrected chi connectivity index (χ4v) is 3.88. The lowest BCUT2D eigenvalue weighted by atomic mass is 9.82. The minimum absolute atomic E-state index is 0.0144. The molecule has 1 heterocycles. The largest absolute Gasteiger partial charge is 0.299 e. The van der Waals surface area contributed by atoms with Crippen LogP contribution < -0.4 is 0 Å². The molecule has 1 aliphatic carbocycles. The number of fused-ring (bicyclic) bond motifs is 1. The number of hydrogen-bond donors (Lipinski definition) is 0. The van der Waals surface area contributed by atoms with Crippen LogP contribution >= 0.6 is 23.4 Å². The number of allylic oxidation sites excluding steroid dienone is 4. The highest BCUT2D eigenvalue weighted by atomic mass is 35.5. The van der Waals surface area contributed by atoms with Crippen LogP contribution in [0.2, 0.25) is 0 Å². The fraction of sp³-hybridized carbons (Fsp3) is 0.583. The Labute approximate surface area is 100.0 Å². The van der Waals surface area contributed by atoms with Gasteiger partial charge in [0.25, 0.3) is 0 Å². The predicted molar refractivity (Wildman–Crippen MR) is 66.0 cm³/mol. The van der Waals surface area contributed by atoms with Crippen molar-refractivity contribution in [1.82, 2.24) is 0 Å². The second kappa shape index (κ2) is 3.67. The van der Waals surface area contributed by atoms with Gasteiger partial charge in [-0.2, -0.15) is 0 Å². The Morgan fingerprint density at radius 1 is 1.47 bits per heavy atom. The third-order valence-corrected chi connectivity index (χ3v) is 4.78. The van der Waals surface area contributed by atoms with Crippen molar-refractivity contribution in [2.24, 2.45) is 11.8 Å². The number of ketones is 1. The lowest BCUT2D eigenvalue weighted by Gasteiger charge is -2.38. The molecule has 0 N–H and O–H groups in total. The highest BCUT2D eigenvalue weighted by molar-refractivity contribution is 8.04. The second-order valence-electron chi connectivity index (χ2n) is 4.89. The fourth-order valence-electron chi connectivity index (χ4n) is 2.24. The van der Waals surface area contributed by atoms with E-state index in [1.54, 1.807) is 0 Å². The van der Waals surface area contributed by atoms with Crippen LogP contribution in [0.4, 0.5) is 0 Å². The van der Waals surface area contributed by atoms with Gasteiger partial charge in [-0.05, 0) is 24.8 Å². The maximum atomic E-state index is 12.1. The Kier molecular flexibility index (Phi) is 2.76. The molecular formula is C12H15ClOS. The maximum absolute atomic E-state index is 12.1. The normalized spacial score (nSPS) is 34.3. The average molecular weight is 243 g/mol. The summed E-state index contributed by atoms with van der Waals surface area (Å²) < 4.78 is 0.0385. The van der Waals surface area contributed by atoms with Crippen molar-refractivity contribution in [2.45, 2.75) is 31.9 Å². The number of Topliss-reactive ketones (excluding diaryl/α,β-unsaturated/α-hetero) is 1. The van der Waals surface area contributed by atoms with Gasteiger partial charge >= 0.3 is 0 Å². The highest BCUT2D eigenvalue weighted by Crippen LogP contribution is 2.50. The maximum Gasteiger partial charge on any atom is 0.142 e. The third kappa shape index (κ3) is 2.02. The van der Waals surface area contributed by atoms with Gasteiger partial charge in [0.2, 0.25) is 0 Å². The van der Waals surface area contributed by atoms with Gasteiger partial charge in [-0.3, -0.25) is 4.79 Å². The van der Waals surface area contributed by atoms with Crippen molar-refractivity contribution in [2.75, 3.05) is 0 Å². The number of hydrogen-bond acceptors (Lipinski definition) is 2. The molecule has 2 atom stereocenters. The Morgan fingerprint density at radius 3 is 2.80 bits per heavy atom. The van der Waals surface area contributed by atoms with Crippen LogP contribution in [0.25, 0.3) is 0 Å². The number of carbonyl (C=O) groups is 1. The zero-order valence-electron chi connectivity index (χ0n) is 9.21. The van der Waals surface area contributed by atoms with Crippen LogP contribution in [0.5, 0.6) is 0 Å². The lowest BCUT2D eigenvalue weighted by molar-refractivity contribution is -0.123. The van der Waals surface area contributed by atoms with Crippen molar-refractivity contribution in [3.63, 3.8) is 0 Å². The summed E-state index contributed by atoms with van der Waals surface area (Å²) in [5, 5.41) is 0.803. The van der Waals surface area contributed by atoms with Crippen LogP contribution in [0.15, 0.2) is 22.1 Å². The molecule has 3 heteroatoms. The topological polar surface area (TPSA) is 17.1 Å². The average Bonchev–Trinajstić information content (AvgIpc) is 2.09. The van der Waals surface area contributed by atoms with Gasteiger partial charge in [-0.1, -0.05) is 24.6 Å². The molecule has 0 radical (unpaired) electrons. The van der Waals surface area contributed by atoms with Gasteiger partial charge in [-0.15, -0.1) is 11.8 Å². The van der Waals surface area contributed by atoms with Gasteiger partial charge in [-0.25, -0.2) is 0 Å². The molecule has 1 nitrogen and oxygen atoms in total. The standard InChI is InChI=1S/C12H15ClOS/c1-7-8(13)4-5-10-11(7)9(14)6-12(2,3)15-10/h4-5,7,11H,6H2,1-3H3. The van der Waals surface area contributed by atoms with Gasteiger partial charge in [0.1, 0.15) is 5.78 Å². The van der Waals surface area contributed by atoms with Crippen LogP contribution in [-0.2, 0) is 4.79 Å². The molecule has 0 amide bonds. The minimum atomic E-state index is 0.0144. The molecule has 0 spiro atoms. The molecule has 0 saturated carbocycles. The van der Waals surface area contributed by atoms with E-state index in [2.05, 4.69) is 13.8 Å². The Morgan fingerprint density at radius 2 is 2.13 bits per heavy atom. The molecule has 15 heavy (non-hydrogen) atoms. The molecular weight excluding hydrogens is 228 g/mol. The SMILES string of the molecule is CC1C(Cl)=CC=C2SC(C)(C)CC(=O)C21. The number of thioether (sulfide) groups is 1. The van der Waals surface area contributed by atoms with Crippen molar-refractivity contribution < 1.29 is 4.79 Å². The van der Waals surface area contributed by atoms with Gasteiger partial charge < -0.3 is 0 Å². The monoisotopic (exact) mass is 242 g/mol. The van der Waals surface area contributed by atoms with Crippen molar-refractivity contribution in [3.05, 3.63) is 22.1 Å².